The van der Waals surface area contributed by atoms with Gasteiger partial charge < -0.3 is 19.9 Å². The van der Waals surface area contributed by atoms with Crippen LogP contribution in [0.5, 0.6) is 5.75 Å². The summed E-state index contributed by atoms with van der Waals surface area (Å²) in [6, 6.07) is 7.02. The highest BCUT2D eigenvalue weighted by atomic mass is 19.3. The van der Waals surface area contributed by atoms with Crippen LogP contribution in [0.3, 0.4) is 0 Å². The number of H-pyrrole nitrogens is 1. The molecule has 2 aromatic heterocycles. The number of amides is 2. The van der Waals surface area contributed by atoms with Gasteiger partial charge in [-0.15, -0.1) is 0 Å². The van der Waals surface area contributed by atoms with Gasteiger partial charge in [0.15, 0.2) is 0 Å². The molecule has 1 saturated carbocycles. The first-order valence-electron chi connectivity index (χ1n) is 12.0. The van der Waals surface area contributed by atoms with Crippen LogP contribution in [0.4, 0.5) is 19.3 Å². The van der Waals surface area contributed by atoms with Crippen LogP contribution in [-0.2, 0) is 0 Å². The van der Waals surface area contributed by atoms with Crippen LogP contribution in [-0.4, -0.2) is 51.5 Å². The lowest BCUT2D eigenvalue weighted by Gasteiger charge is -2.28. The van der Waals surface area contributed by atoms with Gasteiger partial charge in [0, 0.05) is 49.3 Å². The molecule has 0 bridgehead atoms. The molecule has 184 valence electrons. The van der Waals surface area contributed by atoms with Crippen LogP contribution in [0.15, 0.2) is 42.9 Å². The van der Waals surface area contributed by atoms with Crippen molar-refractivity contribution in [2.45, 2.75) is 45.0 Å². The summed E-state index contributed by atoms with van der Waals surface area (Å²) in [5.74, 6) is -1.78. The lowest BCUT2D eigenvalue weighted by molar-refractivity contribution is -0.0498. The Hall–Kier alpha value is -3.49. The fourth-order valence-electron chi connectivity index (χ4n) is 4.78. The first-order chi connectivity index (χ1) is 16.9. The topological polar surface area (TPSA) is 83.1 Å². The number of alkyl halides is 2. The third-order valence-electron chi connectivity index (χ3n) is 6.88. The highest BCUT2D eigenvalue weighted by Gasteiger charge is 2.35. The first-order valence-corrected chi connectivity index (χ1v) is 12.0. The smallest absolute Gasteiger partial charge is 0.322 e. The Kier molecular flexibility index (Phi) is 6.40. The minimum atomic E-state index is -2.53. The number of urea groups is 1. The summed E-state index contributed by atoms with van der Waals surface area (Å²) in [5, 5.41) is 3.96. The van der Waals surface area contributed by atoms with Gasteiger partial charge in [0.1, 0.15) is 17.7 Å². The molecule has 3 heterocycles. The molecule has 2 amide bonds. The van der Waals surface area contributed by atoms with E-state index in [1.807, 2.05) is 37.4 Å². The predicted octanol–water partition coefficient (Wildman–Crippen LogP) is 5.79. The molecule has 0 unspecified atom stereocenters. The van der Waals surface area contributed by atoms with Crippen molar-refractivity contribution in [1.82, 2.24) is 19.9 Å². The van der Waals surface area contributed by atoms with Crippen molar-refractivity contribution in [3.8, 4) is 5.75 Å². The van der Waals surface area contributed by atoms with E-state index in [1.54, 1.807) is 17.3 Å². The van der Waals surface area contributed by atoms with Gasteiger partial charge in [-0.05, 0) is 55.4 Å². The molecule has 1 aliphatic heterocycles. The molecular weight excluding hydrogens is 452 g/mol. The fraction of sp³-hybridized carbons (Fsp3) is 0.423. The molecule has 2 aliphatic rings. The maximum atomic E-state index is 13.3. The van der Waals surface area contributed by atoms with E-state index in [0.29, 0.717) is 50.4 Å². The number of aryl methyl sites for hydroxylation is 1. The van der Waals surface area contributed by atoms with E-state index in [-0.39, 0.29) is 24.8 Å². The molecule has 0 spiro atoms. The number of benzene rings is 1. The van der Waals surface area contributed by atoms with Gasteiger partial charge in [0.25, 0.3) is 0 Å². The average Bonchev–Trinajstić information content (AvgIpc) is 3.25. The van der Waals surface area contributed by atoms with Crippen molar-refractivity contribution in [1.29, 1.82) is 0 Å². The number of anilines is 1. The number of aromatic amines is 1. The Balaban J connectivity index is 1.17. The van der Waals surface area contributed by atoms with Crippen LogP contribution in [0.25, 0.3) is 16.6 Å². The fourth-order valence-corrected chi connectivity index (χ4v) is 4.78. The SMILES string of the molecule is Cc1c[nH]c2ncnc(C3=CCN(C(=O)Nc4cccc(OCC5CCC(F)(F)CC5)c4)CC3)c12. The van der Waals surface area contributed by atoms with E-state index < -0.39 is 5.92 Å². The lowest BCUT2D eigenvalue weighted by atomic mass is 9.87. The summed E-state index contributed by atoms with van der Waals surface area (Å²) < 4.78 is 32.5. The second kappa shape index (κ2) is 9.64. The summed E-state index contributed by atoms with van der Waals surface area (Å²) >= 11 is 0. The van der Waals surface area contributed by atoms with Gasteiger partial charge in [-0.1, -0.05) is 12.1 Å². The van der Waals surface area contributed by atoms with Crippen LogP contribution < -0.4 is 10.1 Å². The Morgan fingerprint density at radius 2 is 2.11 bits per heavy atom. The minimum Gasteiger partial charge on any atom is -0.493 e. The van der Waals surface area contributed by atoms with E-state index in [9.17, 15) is 13.6 Å². The van der Waals surface area contributed by atoms with E-state index >= 15 is 0 Å². The third kappa shape index (κ3) is 5.28. The molecule has 2 N–H and O–H groups in total. The van der Waals surface area contributed by atoms with Gasteiger partial charge >= 0.3 is 6.03 Å². The summed E-state index contributed by atoms with van der Waals surface area (Å²) in [4.78, 5) is 26.6. The quantitative estimate of drug-likeness (QED) is 0.483. The van der Waals surface area contributed by atoms with E-state index in [4.69, 9.17) is 4.74 Å². The van der Waals surface area contributed by atoms with Crippen LogP contribution >= 0.6 is 0 Å². The zero-order chi connectivity index (χ0) is 24.4. The zero-order valence-electron chi connectivity index (χ0n) is 19.7. The molecule has 0 atom stereocenters. The molecule has 7 nitrogen and oxygen atoms in total. The Morgan fingerprint density at radius 1 is 1.29 bits per heavy atom. The summed E-state index contributed by atoms with van der Waals surface area (Å²) in [7, 11) is 0. The number of ether oxygens (including phenoxy) is 1. The summed E-state index contributed by atoms with van der Waals surface area (Å²) in [6.07, 6.45) is 7.03. The summed E-state index contributed by atoms with van der Waals surface area (Å²) in [5.41, 5.74) is 4.58. The number of carbonyl (C=O) groups is 1. The van der Waals surface area contributed by atoms with Gasteiger partial charge in [-0.2, -0.15) is 0 Å². The first kappa shape index (κ1) is 23.3. The number of nitrogens with zero attached hydrogens (tertiary/aromatic N) is 3. The maximum Gasteiger partial charge on any atom is 0.322 e. The molecule has 0 saturated heterocycles. The van der Waals surface area contributed by atoms with Gasteiger partial charge in [-0.3, -0.25) is 0 Å². The molecule has 9 heteroatoms. The monoisotopic (exact) mass is 481 g/mol. The average molecular weight is 482 g/mol. The van der Waals surface area contributed by atoms with Crippen molar-refractivity contribution in [2.24, 2.45) is 5.92 Å². The number of nitrogens with one attached hydrogen (secondary N) is 2. The molecular formula is C26H29F2N5O2. The van der Waals surface area contributed by atoms with Crippen LogP contribution in [0.1, 0.15) is 43.4 Å². The number of halogens is 2. The van der Waals surface area contributed by atoms with Gasteiger partial charge in [-0.25, -0.2) is 23.5 Å². The number of hydrogen-bond donors (Lipinski definition) is 2. The number of hydrogen-bond acceptors (Lipinski definition) is 4. The Labute approximate surface area is 202 Å². The molecule has 5 rings (SSSR count). The van der Waals surface area contributed by atoms with Crippen molar-refractivity contribution in [2.75, 3.05) is 25.0 Å². The van der Waals surface area contributed by atoms with Crippen LogP contribution in [0, 0.1) is 12.8 Å². The zero-order valence-corrected chi connectivity index (χ0v) is 19.7. The van der Waals surface area contributed by atoms with E-state index in [0.717, 1.165) is 27.9 Å². The minimum absolute atomic E-state index is 0.0734. The normalized spacial score (nSPS) is 18.4. The summed E-state index contributed by atoms with van der Waals surface area (Å²) in [6.45, 7) is 3.50. The molecule has 1 fully saturated rings. The number of fused-ring (bicyclic) bond motifs is 1. The van der Waals surface area contributed by atoms with E-state index in [2.05, 4.69) is 20.3 Å². The number of aromatic nitrogens is 3. The molecule has 35 heavy (non-hydrogen) atoms. The van der Waals surface area contributed by atoms with Gasteiger partial charge in [0.2, 0.25) is 5.92 Å². The van der Waals surface area contributed by atoms with Crippen molar-refractivity contribution < 1.29 is 18.3 Å². The van der Waals surface area contributed by atoms with Crippen molar-refractivity contribution in [3.05, 3.63) is 54.1 Å². The third-order valence-corrected chi connectivity index (χ3v) is 6.88. The molecule has 0 radical (unpaired) electrons. The highest BCUT2D eigenvalue weighted by molar-refractivity contribution is 5.93. The lowest BCUT2D eigenvalue weighted by Crippen LogP contribution is -2.38. The second-order valence-electron chi connectivity index (χ2n) is 9.41. The van der Waals surface area contributed by atoms with Crippen molar-refractivity contribution >= 4 is 28.3 Å². The van der Waals surface area contributed by atoms with E-state index in [1.165, 1.54) is 0 Å². The molecule has 1 aliphatic carbocycles. The maximum absolute atomic E-state index is 13.3. The molecule has 1 aromatic carbocycles. The highest BCUT2D eigenvalue weighted by Crippen LogP contribution is 2.36. The standard InChI is InChI=1S/C26H29F2N5O2/c1-17-14-29-24-22(17)23(30-16-31-24)19-7-11-33(12-8-19)25(34)32-20-3-2-4-21(13-20)35-15-18-5-9-26(27,28)10-6-18/h2-4,7,13-14,16,18H,5-6,8-12,15H2,1H3,(H,32,34)(H,29,30,31). The Morgan fingerprint density at radius 3 is 2.89 bits per heavy atom. The van der Waals surface area contributed by atoms with Gasteiger partial charge in [0.05, 0.1) is 12.3 Å². The number of carbonyl (C=O) groups excluding carboxylic acids is 1. The predicted molar refractivity (Wildman–Crippen MR) is 131 cm³/mol. The molecule has 3 aromatic rings. The Bertz CT molecular complexity index is 1250. The van der Waals surface area contributed by atoms with Crippen LogP contribution in [0.2, 0.25) is 0 Å². The number of rotatable bonds is 5. The largest absolute Gasteiger partial charge is 0.493 e. The van der Waals surface area contributed by atoms with Crippen molar-refractivity contribution in [3.63, 3.8) is 0 Å². The second-order valence-corrected chi connectivity index (χ2v) is 9.41.